The minimum atomic E-state index is -1.07. The van der Waals surface area contributed by atoms with E-state index in [-0.39, 0.29) is 6.61 Å². The van der Waals surface area contributed by atoms with Gasteiger partial charge in [-0.05, 0) is 12.8 Å². The Hall–Kier alpha value is -0.650. The molecule has 5 heteroatoms. The van der Waals surface area contributed by atoms with Crippen molar-refractivity contribution in [2.75, 3.05) is 6.61 Å². The number of aliphatic hydroxyl groups excluding tert-OH is 3. The molecule has 0 aliphatic carbocycles. The first kappa shape index (κ1) is 51.4. The fourth-order valence-corrected chi connectivity index (χ4v) is 7.72. The summed E-state index contributed by atoms with van der Waals surface area (Å²) >= 11 is 0. The molecule has 0 radical (unpaired) electrons. The summed E-state index contributed by atoms with van der Waals surface area (Å²) in [4.78, 5) is 12.5. The van der Waals surface area contributed by atoms with E-state index in [9.17, 15) is 20.1 Å². The zero-order valence-electron chi connectivity index (χ0n) is 35.5. The van der Waals surface area contributed by atoms with E-state index in [4.69, 9.17) is 0 Å². The van der Waals surface area contributed by atoms with Crippen molar-refractivity contribution in [2.24, 2.45) is 0 Å². The molecule has 0 aliphatic rings. The highest BCUT2D eigenvalue weighted by atomic mass is 16.3. The maximum absolute atomic E-state index is 12.5. The molecule has 3 atom stereocenters. The number of unbranched alkanes of at least 4 members (excludes halogenated alkanes) is 36. The second-order valence-corrected chi connectivity index (χ2v) is 16.7. The Bertz CT molecular complexity index is 688. The van der Waals surface area contributed by atoms with Crippen molar-refractivity contribution in [1.82, 2.24) is 5.32 Å². The van der Waals surface area contributed by atoms with Gasteiger partial charge in [0.2, 0.25) is 5.91 Å². The second kappa shape index (κ2) is 43.1. The maximum atomic E-state index is 12.5. The largest absolute Gasteiger partial charge is 0.394 e. The molecule has 5 nitrogen and oxygen atoms in total. The minimum absolute atomic E-state index is 0.309. The predicted octanol–water partition coefficient (Wildman–Crippen LogP) is 13.8. The first-order valence-electron chi connectivity index (χ1n) is 23.8. The van der Waals surface area contributed by atoms with Crippen LogP contribution in [0.25, 0.3) is 0 Å². The van der Waals surface area contributed by atoms with E-state index in [1.165, 1.54) is 212 Å². The summed E-state index contributed by atoms with van der Waals surface area (Å²) in [6, 6.07) is -0.704. The van der Waals surface area contributed by atoms with E-state index < -0.39 is 24.2 Å². The van der Waals surface area contributed by atoms with Crippen molar-refractivity contribution < 1.29 is 20.1 Å². The molecule has 0 aromatic carbocycles. The lowest BCUT2D eigenvalue weighted by molar-refractivity contribution is -0.131. The fourth-order valence-electron chi connectivity index (χ4n) is 7.72. The SMILES string of the molecule is CCCCCCCCCCCCCCCCCCCCCCCCCCCCCCC(O)C(=O)NC(CO)C(O)CCCCCCCCCCCC. The summed E-state index contributed by atoms with van der Waals surface area (Å²) in [5.74, 6) is -0.466. The van der Waals surface area contributed by atoms with Crippen molar-refractivity contribution in [2.45, 2.75) is 289 Å². The second-order valence-electron chi connectivity index (χ2n) is 16.7. The standard InChI is InChI=1S/C47H95NO4/c1-3-5-7-9-11-13-15-16-17-18-19-20-21-22-23-24-25-26-27-28-29-30-31-32-34-36-38-40-42-46(51)47(52)48-44(43-49)45(50)41-39-37-35-33-14-12-10-8-6-4-2/h44-46,49-51H,3-43H2,1-2H3,(H,48,52). The molecule has 1 amide bonds. The van der Waals surface area contributed by atoms with Gasteiger partial charge >= 0.3 is 0 Å². The normalized spacial score (nSPS) is 13.4. The Morgan fingerprint density at radius 2 is 0.615 bits per heavy atom. The number of carbonyl (C=O) groups is 1. The molecular formula is C47H95NO4. The van der Waals surface area contributed by atoms with Crippen LogP contribution in [0, 0.1) is 0 Å². The van der Waals surface area contributed by atoms with E-state index in [0.29, 0.717) is 12.8 Å². The van der Waals surface area contributed by atoms with Crippen molar-refractivity contribution in [3.05, 3.63) is 0 Å². The van der Waals surface area contributed by atoms with Crippen LogP contribution in [0.4, 0.5) is 0 Å². The quantitative estimate of drug-likeness (QED) is 0.0469. The number of rotatable bonds is 44. The number of carbonyl (C=O) groups excluding carboxylic acids is 1. The summed E-state index contributed by atoms with van der Waals surface area (Å²) < 4.78 is 0. The molecule has 0 saturated carbocycles. The van der Waals surface area contributed by atoms with Gasteiger partial charge in [-0.25, -0.2) is 0 Å². The lowest BCUT2D eigenvalue weighted by Gasteiger charge is -2.23. The van der Waals surface area contributed by atoms with Gasteiger partial charge in [-0.1, -0.05) is 258 Å². The van der Waals surface area contributed by atoms with E-state index >= 15 is 0 Å². The van der Waals surface area contributed by atoms with Crippen molar-refractivity contribution in [1.29, 1.82) is 0 Å². The van der Waals surface area contributed by atoms with Crippen LogP contribution < -0.4 is 5.32 Å². The first-order chi connectivity index (χ1) is 25.6. The third kappa shape index (κ3) is 37.7. The van der Waals surface area contributed by atoms with Crippen LogP contribution in [0.1, 0.15) is 271 Å². The van der Waals surface area contributed by atoms with Crippen LogP contribution in [0.15, 0.2) is 0 Å². The predicted molar refractivity (Wildman–Crippen MR) is 227 cm³/mol. The summed E-state index contributed by atoms with van der Waals surface area (Å²) in [6.45, 7) is 4.23. The zero-order valence-corrected chi connectivity index (χ0v) is 35.5. The Labute approximate surface area is 326 Å². The van der Waals surface area contributed by atoms with Gasteiger partial charge in [-0.15, -0.1) is 0 Å². The topological polar surface area (TPSA) is 89.8 Å². The van der Waals surface area contributed by atoms with Crippen LogP contribution >= 0.6 is 0 Å². The molecule has 3 unspecified atom stereocenters. The summed E-state index contributed by atoms with van der Waals surface area (Å²) in [5.41, 5.74) is 0. The van der Waals surface area contributed by atoms with Crippen LogP contribution in [0.3, 0.4) is 0 Å². The van der Waals surface area contributed by atoms with Gasteiger partial charge < -0.3 is 20.6 Å². The molecule has 0 heterocycles. The van der Waals surface area contributed by atoms with Crippen LogP contribution in [0.5, 0.6) is 0 Å². The third-order valence-electron chi connectivity index (χ3n) is 11.5. The third-order valence-corrected chi connectivity index (χ3v) is 11.5. The molecule has 0 rings (SSSR count). The van der Waals surface area contributed by atoms with Crippen LogP contribution in [-0.4, -0.2) is 46.1 Å². The van der Waals surface area contributed by atoms with Gasteiger partial charge in [0.25, 0.3) is 0 Å². The highest BCUT2D eigenvalue weighted by Gasteiger charge is 2.23. The summed E-state index contributed by atoms with van der Waals surface area (Å²) in [7, 11) is 0. The minimum Gasteiger partial charge on any atom is -0.394 e. The molecule has 0 aliphatic heterocycles. The maximum Gasteiger partial charge on any atom is 0.249 e. The van der Waals surface area contributed by atoms with Gasteiger partial charge in [-0.3, -0.25) is 4.79 Å². The zero-order chi connectivity index (χ0) is 38.0. The Balaban J connectivity index is 3.45. The van der Waals surface area contributed by atoms with E-state index in [1.807, 2.05) is 0 Å². The van der Waals surface area contributed by atoms with Crippen molar-refractivity contribution in [3.63, 3.8) is 0 Å². The van der Waals surface area contributed by atoms with Gasteiger partial charge in [0.1, 0.15) is 6.10 Å². The van der Waals surface area contributed by atoms with E-state index in [1.54, 1.807) is 0 Å². The number of aliphatic hydroxyl groups is 3. The number of amides is 1. The van der Waals surface area contributed by atoms with Gasteiger partial charge in [-0.2, -0.15) is 0 Å². The Morgan fingerprint density at radius 1 is 0.385 bits per heavy atom. The van der Waals surface area contributed by atoms with Gasteiger partial charge in [0.05, 0.1) is 18.8 Å². The van der Waals surface area contributed by atoms with Crippen LogP contribution in [0.2, 0.25) is 0 Å². The molecule has 0 bridgehead atoms. The van der Waals surface area contributed by atoms with E-state index in [2.05, 4.69) is 19.2 Å². The lowest BCUT2D eigenvalue weighted by Crippen LogP contribution is -2.49. The molecule has 0 aromatic rings. The molecule has 0 aromatic heterocycles. The molecule has 0 fully saturated rings. The highest BCUT2D eigenvalue weighted by molar-refractivity contribution is 5.80. The molecule has 0 saturated heterocycles. The van der Waals surface area contributed by atoms with Gasteiger partial charge in [0.15, 0.2) is 0 Å². The van der Waals surface area contributed by atoms with Crippen molar-refractivity contribution in [3.8, 4) is 0 Å². The average Bonchev–Trinajstić information content (AvgIpc) is 3.15. The number of hydrogen-bond acceptors (Lipinski definition) is 4. The molecule has 312 valence electrons. The monoisotopic (exact) mass is 738 g/mol. The van der Waals surface area contributed by atoms with Gasteiger partial charge in [0, 0.05) is 0 Å². The fraction of sp³-hybridized carbons (Fsp3) is 0.979. The number of hydrogen-bond donors (Lipinski definition) is 4. The summed E-state index contributed by atoms with van der Waals surface area (Å²) in [6.07, 6.45) is 49.9. The Morgan fingerprint density at radius 3 is 0.865 bits per heavy atom. The smallest absolute Gasteiger partial charge is 0.249 e. The average molecular weight is 738 g/mol. The first-order valence-corrected chi connectivity index (χ1v) is 23.8. The molecule has 52 heavy (non-hydrogen) atoms. The Kier molecular flexibility index (Phi) is 42.5. The van der Waals surface area contributed by atoms with Crippen molar-refractivity contribution >= 4 is 5.91 Å². The molecular weight excluding hydrogens is 643 g/mol. The molecule has 0 spiro atoms. The lowest BCUT2D eigenvalue weighted by atomic mass is 10.0. The molecule has 4 N–H and O–H groups in total. The van der Waals surface area contributed by atoms with E-state index in [0.717, 1.165) is 32.1 Å². The number of nitrogens with one attached hydrogen (secondary N) is 1. The highest BCUT2D eigenvalue weighted by Crippen LogP contribution is 2.17. The van der Waals surface area contributed by atoms with Crippen LogP contribution in [-0.2, 0) is 4.79 Å². The summed E-state index contributed by atoms with van der Waals surface area (Å²) in [5, 5.41) is 33.2.